The highest BCUT2D eigenvalue weighted by Crippen LogP contribution is 2.28. The summed E-state index contributed by atoms with van der Waals surface area (Å²) >= 11 is 0. The summed E-state index contributed by atoms with van der Waals surface area (Å²) in [7, 11) is 0. The number of esters is 1. The molecular weight excluding hydrogens is 284 g/mol. The molecule has 1 heterocycles. The van der Waals surface area contributed by atoms with Crippen molar-refractivity contribution in [2.45, 2.75) is 33.3 Å². The van der Waals surface area contributed by atoms with Gasteiger partial charge in [0.1, 0.15) is 5.60 Å². The van der Waals surface area contributed by atoms with Crippen LogP contribution in [0.5, 0.6) is 0 Å². The first-order chi connectivity index (χ1) is 10.2. The summed E-state index contributed by atoms with van der Waals surface area (Å²) in [5.74, 6) is -0.500. The van der Waals surface area contributed by atoms with Gasteiger partial charge in [0, 0.05) is 11.6 Å². The molecule has 118 valence electrons. The number of hydrogen-bond donors (Lipinski definition) is 1. The van der Waals surface area contributed by atoms with Crippen molar-refractivity contribution in [3.63, 3.8) is 0 Å². The van der Waals surface area contributed by atoms with Gasteiger partial charge in [-0.25, -0.2) is 14.2 Å². The average Bonchev–Trinajstić information content (AvgIpc) is 2.78. The number of nitrogens with two attached hydrogens (primary N) is 1. The predicted molar refractivity (Wildman–Crippen MR) is 83.9 cm³/mol. The minimum Gasteiger partial charge on any atom is -0.462 e. The maximum atomic E-state index is 12.4. The largest absolute Gasteiger partial charge is 0.462 e. The van der Waals surface area contributed by atoms with E-state index in [2.05, 4.69) is 0 Å². The van der Waals surface area contributed by atoms with E-state index in [1.807, 2.05) is 0 Å². The van der Waals surface area contributed by atoms with Crippen molar-refractivity contribution in [3.8, 4) is 0 Å². The molecule has 1 aromatic heterocycles. The van der Waals surface area contributed by atoms with Gasteiger partial charge in [0.05, 0.1) is 23.4 Å². The van der Waals surface area contributed by atoms with Crippen LogP contribution >= 0.6 is 0 Å². The van der Waals surface area contributed by atoms with E-state index in [1.165, 1.54) is 10.8 Å². The Morgan fingerprint density at radius 1 is 1.27 bits per heavy atom. The van der Waals surface area contributed by atoms with Crippen LogP contribution in [0.15, 0.2) is 24.4 Å². The van der Waals surface area contributed by atoms with Gasteiger partial charge < -0.3 is 15.2 Å². The minimum absolute atomic E-state index is 0.250. The maximum Gasteiger partial charge on any atom is 0.419 e. The van der Waals surface area contributed by atoms with Crippen LogP contribution in [0.2, 0.25) is 0 Å². The zero-order chi connectivity index (χ0) is 16.5. The van der Waals surface area contributed by atoms with Crippen molar-refractivity contribution in [1.82, 2.24) is 4.57 Å². The number of benzene rings is 1. The lowest BCUT2D eigenvalue weighted by molar-refractivity contribution is 0.0527. The van der Waals surface area contributed by atoms with E-state index < -0.39 is 17.7 Å². The summed E-state index contributed by atoms with van der Waals surface area (Å²) < 4.78 is 11.6. The van der Waals surface area contributed by atoms with Crippen molar-refractivity contribution in [2.24, 2.45) is 0 Å². The summed E-state index contributed by atoms with van der Waals surface area (Å²) in [6, 6.07) is 5.11. The highest BCUT2D eigenvalue weighted by Gasteiger charge is 2.24. The average molecular weight is 304 g/mol. The normalized spacial score (nSPS) is 11.5. The third-order valence-electron chi connectivity index (χ3n) is 2.94. The number of aromatic nitrogens is 1. The van der Waals surface area contributed by atoms with Crippen LogP contribution in [0.25, 0.3) is 10.9 Å². The second-order valence-electron chi connectivity index (χ2n) is 5.86. The quantitative estimate of drug-likeness (QED) is 0.680. The number of ether oxygens (including phenoxy) is 2. The van der Waals surface area contributed by atoms with Gasteiger partial charge in [-0.05, 0) is 33.8 Å². The van der Waals surface area contributed by atoms with E-state index >= 15 is 0 Å². The van der Waals surface area contributed by atoms with Gasteiger partial charge in [0.2, 0.25) is 0 Å². The Balaban J connectivity index is 2.60. The molecule has 0 bridgehead atoms. The highest BCUT2D eigenvalue weighted by atomic mass is 16.6. The summed E-state index contributed by atoms with van der Waals surface area (Å²) in [5.41, 5.74) is 6.43. The number of para-hydroxylation sites is 1. The lowest BCUT2D eigenvalue weighted by Crippen LogP contribution is -2.27. The molecule has 0 saturated heterocycles. The van der Waals surface area contributed by atoms with Crippen LogP contribution in [-0.4, -0.2) is 28.8 Å². The fourth-order valence-corrected chi connectivity index (χ4v) is 2.14. The Morgan fingerprint density at radius 2 is 1.95 bits per heavy atom. The molecule has 0 spiro atoms. The summed E-state index contributed by atoms with van der Waals surface area (Å²) in [6.45, 7) is 7.28. The molecule has 0 amide bonds. The molecule has 0 unspecified atom stereocenters. The van der Waals surface area contributed by atoms with E-state index in [9.17, 15) is 9.59 Å². The molecule has 0 radical (unpaired) electrons. The van der Waals surface area contributed by atoms with Gasteiger partial charge in [-0.1, -0.05) is 12.1 Å². The zero-order valence-corrected chi connectivity index (χ0v) is 13.2. The molecule has 0 atom stereocenters. The number of fused-ring (bicyclic) bond motifs is 1. The number of carbonyl (C=O) groups is 2. The number of nitrogen functional groups attached to an aromatic ring is 1. The maximum absolute atomic E-state index is 12.4. The highest BCUT2D eigenvalue weighted by molar-refractivity contribution is 6.09. The SMILES string of the molecule is CCOC(=O)c1cn(C(=O)OC(C)(C)C)c2c(N)cccc12. The third-order valence-corrected chi connectivity index (χ3v) is 2.94. The Morgan fingerprint density at radius 3 is 2.55 bits per heavy atom. The molecule has 1 aromatic carbocycles. The van der Waals surface area contributed by atoms with Crippen LogP contribution < -0.4 is 5.73 Å². The Bertz CT molecular complexity index is 726. The predicted octanol–water partition coefficient (Wildman–Crippen LogP) is 3.18. The third kappa shape index (κ3) is 3.05. The molecule has 0 aliphatic heterocycles. The molecule has 2 aromatic rings. The van der Waals surface area contributed by atoms with Gasteiger partial charge in [0.25, 0.3) is 0 Å². The topological polar surface area (TPSA) is 83.5 Å². The Hall–Kier alpha value is -2.50. The van der Waals surface area contributed by atoms with Crippen LogP contribution in [0.4, 0.5) is 10.5 Å². The fraction of sp³-hybridized carbons (Fsp3) is 0.375. The number of nitrogens with zero attached hydrogens (tertiary/aromatic N) is 1. The number of rotatable bonds is 2. The standard InChI is InChI=1S/C16H20N2O4/c1-5-21-14(19)11-9-18(15(20)22-16(2,3)4)13-10(11)7-6-8-12(13)17/h6-9H,5,17H2,1-4H3. The molecular formula is C16H20N2O4. The molecule has 2 rings (SSSR count). The number of carbonyl (C=O) groups excluding carboxylic acids is 2. The molecule has 0 saturated carbocycles. The molecule has 6 nitrogen and oxygen atoms in total. The van der Waals surface area contributed by atoms with E-state index in [4.69, 9.17) is 15.2 Å². The number of hydrogen-bond acceptors (Lipinski definition) is 5. The minimum atomic E-state index is -0.651. The van der Waals surface area contributed by atoms with Crippen molar-refractivity contribution in [1.29, 1.82) is 0 Å². The lowest BCUT2D eigenvalue weighted by atomic mass is 10.1. The van der Waals surface area contributed by atoms with E-state index in [-0.39, 0.29) is 12.2 Å². The van der Waals surface area contributed by atoms with Crippen molar-refractivity contribution < 1.29 is 19.1 Å². The zero-order valence-electron chi connectivity index (χ0n) is 13.2. The molecule has 2 N–H and O–H groups in total. The molecule has 0 aliphatic rings. The summed E-state index contributed by atoms with van der Waals surface area (Å²) in [6.07, 6.45) is 0.818. The van der Waals surface area contributed by atoms with E-state index in [0.29, 0.717) is 16.6 Å². The fourth-order valence-electron chi connectivity index (χ4n) is 2.14. The van der Waals surface area contributed by atoms with Gasteiger partial charge in [-0.15, -0.1) is 0 Å². The molecule has 0 fully saturated rings. The van der Waals surface area contributed by atoms with Crippen LogP contribution in [-0.2, 0) is 9.47 Å². The van der Waals surface area contributed by atoms with Crippen LogP contribution in [0.1, 0.15) is 38.1 Å². The molecule has 0 aliphatic carbocycles. The van der Waals surface area contributed by atoms with Gasteiger partial charge in [0.15, 0.2) is 0 Å². The number of anilines is 1. The van der Waals surface area contributed by atoms with Gasteiger partial charge in [-0.2, -0.15) is 0 Å². The monoisotopic (exact) mass is 304 g/mol. The summed E-state index contributed by atoms with van der Waals surface area (Å²) in [4.78, 5) is 24.4. The Kier molecular flexibility index (Phi) is 4.12. The van der Waals surface area contributed by atoms with Gasteiger partial charge in [-0.3, -0.25) is 0 Å². The lowest BCUT2D eigenvalue weighted by Gasteiger charge is -2.20. The first-order valence-corrected chi connectivity index (χ1v) is 7.04. The van der Waals surface area contributed by atoms with Crippen molar-refractivity contribution in [2.75, 3.05) is 12.3 Å². The first-order valence-electron chi connectivity index (χ1n) is 7.04. The van der Waals surface area contributed by atoms with Gasteiger partial charge >= 0.3 is 12.1 Å². The van der Waals surface area contributed by atoms with E-state index in [1.54, 1.807) is 45.9 Å². The second-order valence-corrected chi connectivity index (χ2v) is 5.86. The molecule has 6 heteroatoms. The first kappa shape index (κ1) is 15.9. The van der Waals surface area contributed by atoms with Crippen LogP contribution in [0.3, 0.4) is 0 Å². The Labute approximate surface area is 128 Å². The summed E-state index contributed by atoms with van der Waals surface area (Å²) in [5, 5.41) is 0.560. The van der Waals surface area contributed by atoms with Crippen LogP contribution in [0, 0.1) is 0 Å². The van der Waals surface area contributed by atoms with Crippen molar-refractivity contribution in [3.05, 3.63) is 30.0 Å². The van der Waals surface area contributed by atoms with Crippen molar-refractivity contribution >= 4 is 28.7 Å². The molecule has 22 heavy (non-hydrogen) atoms. The van der Waals surface area contributed by atoms with E-state index in [0.717, 1.165) is 0 Å². The second kappa shape index (κ2) is 5.71. The smallest absolute Gasteiger partial charge is 0.419 e.